The molecule has 92 valence electrons. The molecule has 0 bridgehead atoms. The number of thiophene rings is 1. The van der Waals surface area contributed by atoms with Gasteiger partial charge in [-0.1, -0.05) is 29.8 Å². The number of hydrogen-bond donors (Lipinski definition) is 1. The molecule has 2 aromatic heterocycles. The van der Waals surface area contributed by atoms with E-state index in [1.165, 1.54) is 11.1 Å². The van der Waals surface area contributed by atoms with Crippen LogP contribution in [0, 0.1) is 18.3 Å². The first-order chi connectivity index (χ1) is 9.28. The summed E-state index contributed by atoms with van der Waals surface area (Å²) in [6.07, 6.45) is 0. The number of H-pyrrole nitrogens is 1. The summed E-state index contributed by atoms with van der Waals surface area (Å²) in [6.45, 7) is 2.07. The maximum atomic E-state index is 8.96. The number of benzene rings is 1. The van der Waals surface area contributed by atoms with Crippen molar-refractivity contribution in [1.82, 2.24) is 15.4 Å². The van der Waals surface area contributed by atoms with Crippen molar-refractivity contribution in [2.24, 2.45) is 0 Å². The Bertz CT molecular complexity index is 746. The second-order valence-electron chi connectivity index (χ2n) is 4.16. The second-order valence-corrected chi connectivity index (χ2v) is 5.25. The van der Waals surface area contributed by atoms with E-state index in [9.17, 15) is 0 Å². The smallest absolute Gasteiger partial charge is 0.191 e. The maximum absolute atomic E-state index is 8.96. The van der Waals surface area contributed by atoms with E-state index >= 15 is 0 Å². The standard InChI is InChI=1S/C14H10N4S/c1-9-2-4-10(5-3-9)12-6-7-13(19-12)14-11(8-15)16-18-17-14/h2-7H,1H3,(H,16,17,18). The molecule has 0 saturated carbocycles. The Labute approximate surface area is 114 Å². The van der Waals surface area contributed by atoms with Gasteiger partial charge in [0.2, 0.25) is 0 Å². The minimum absolute atomic E-state index is 0.331. The summed E-state index contributed by atoms with van der Waals surface area (Å²) in [5, 5.41) is 19.3. The summed E-state index contributed by atoms with van der Waals surface area (Å²) >= 11 is 1.61. The van der Waals surface area contributed by atoms with Crippen LogP contribution in [0.4, 0.5) is 0 Å². The number of hydrogen-bond acceptors (Lipinski definition) is 4. The molecule has 0 aliphatic carbocycles. The zero-order valence-electron chi connectivity index (χ0n) is 10.2. The quantitative estimate of drug-likeness (QED) is 0.773. The van der Waals surface area contributed by atoms with E-state index in [1.807, 2.05) is 18.2 Å². The molecule has 5 heteroatoms. The third kappa shape index (κ3) is 2.14. The molecule has 4 nitrogen and oxygen atoms in total. The lowest BCUT2D eigenvalue weighted by molar-refractivity contribution is 0.937. The lowest BCUT2D eigenvalue weighted by atomic mass is 10.1. The average Bonchev–Trinajstić information content (AvgIpc) is 3.07. The van der Waals surface area contributed by atoms with Crippen molar-refractivity contribution in [3.63, 3.8) is 0 Å². The average molecular weight is 266 g/mol. The molecular weight excluding hydrogens is 256 g/mol. The van der Waals surface area contributed by atoms with Crippen LogP contribution in [0.3, 0.4) is 0 Å². The van der Waals surface area contributed by atoms with Crippen LogP contribution in [0.15, 0.2) is 36.4 Å². The highest BCUT2D eigenvalue weighted by Gasteiger charge is 2.12. The predicted molar refractivity (Wildman–Crippen MR) is 74.6 cm³/mol. The fourth-order valence-electron chi connectivity index (χ4n) is 1.82. The van der Waals surface area contributed by atoms with Crippen molar-refractivity contribution >= 4 is 11.3 Å². The van der Waals surface area contributed by atoms with Gasteiger partial charge in [-0.2, -0.15) is 15.6 Å². The topological polar surface area (TPSA) is 65.4 Å². The van der Waals surface area contributed by atoms with E-state index in [2.05, 4.69) is 46.6 Å². The van der Waals surface area contributed by atoms with Gasteiger partial charge in [0.05, 0.1) is 4.88 Å². The van der Waals surface area contributed by atoms with Gasteiger partial charge in [-0.3, -0.25) is 0 Å². The van der Waals surface area contributed by atoms with Crippen LogP contribution >= 0.6 is 11.3 Å². The van der Waals surface area contributed by atoms with Crippen molar-refractivity contribution in [2.45, 2.75) is 6.92 Å². The highest BCUT2D eigenvalue weighted by atomic mass is 32.1. The van der Waals surface area contributed by atoms with Gasteiger partial charge in [0.25, 0.3) is 0 Å². The Morgan fingerprint density at radius 3 is 2.53 bits per heavy atom. The highest BCUT2D eigenvalue weighted by Crippen LogP contribution is 2.34. The van der Waals surface area contributed by atoms with Gasteiger partial charge in [-0.15, -0.1) is 16.4 Å². The zero-order chi connectivity index (χ0) is 13.2. The van der Waals surface area contributed by atoms with Crippen molar-refractivity contribution in [3.05, 3.63) is 47.7 Å². The molecule has 0 amide bonds. The molecule has 0 aliphatic rings. The van der Waals surface area contributed by atoms with Gasteiger partial charge in [0.1, 0.15) is 11.8 Å². The second kappa shape index (κ2) is 4.67. The molecule has 2 heterocycles. The zero-order valence-corrected chi connectivity index (χ0v) is 11.0. The molecule has 0 radical (unpaired) electrons. The lowest BCUT2D eigenvalue weighted by Crippen LogP contribution is -1.77. The van der Waals surface area contributed by atoms with Gasteiger partial charge in [-0.05, 0) is 24.6 Å². The minimum Gasteiger partial charge on any atom is -0.196 e. The van der Waals surface area contributed by atoms with Crippen LogP contribution in [0.5, 0.6) is 0 Å². The van der Waals surface area contributed by atoms with E-state index < -0.39 is 0 Å². The van der Waals surface area contributed by atoms with Crippen LogP contribution in [0.25, 0.3) is 21.0 Å². The molecule has 1 N–H and O–H groups in total. The van der Waals surface area contributed by atoms with Gasteiger partial charge in [-0.25, -0.2) is 0 Å². The van der Waals surface area contributed by atoms with Gasteiger partial charge < -0.3 is 0 Å². The molecular formula is C14H10N4S. The predicted octanol–water partition coefficient (Wildman–Crippen LogP) is 3.38. The van der Waals surface area contributed by atoms with Crippen LogP contribution in [-0.2, 0) is 0 Å². The van der Waals surface area contributed by atoms with Crippen LogP contribution in [0.1, 0.15) is 11.3 Å². The van der Waals surface area contributed by atoms with Crippen LogP contribution in [0.2, 0.25) is 0 Å². The first-order valence-electron chi connectivity index (χ1n) is 5.76. The molecule has 3 rings (SSSR count). The summed E-state index contributed by atoms with van der Waals surface area (Å²) in [4.78, 5) is 2.10. The van der Waals surface area contributed by atoms with E-state index in [1.54, 1.807) is 11.3 Å². The molecule has 3 aromatic rings. The Balaban J connectivity index is 2.00. The molecule has 0 aliphatic heterocycles. The van der Waals surface area contributed by atoms with Crippen LogP contribution in [-0.4, -0.2) is 15.4 Å². The van der Waals surface area contributed by atoms with Crippen molar-refractivity contribution < 1.29 is 0 Å². The Kier molecular flexibility index (Phi) is 2.86. The minimum atomic E-state index is 0.331. The number of nitriles is 1. The molecule has 0 unspecified atom stereocenters. The van der Waals surface area contributed by atoms with Gasteiger partial charge in [0, 0.05) is 4.88 Å². The van der Waals surface area contributed by atoms with Crippen molar-refractivity contribution in [1.29, 1.82) is 5.26 Å². The molecule has 19 heavy (non-hydrogen) atoms. The van der Waals surface area contributed by atoms with Crippen molar-refractivity contribution in [3.8, 4) is 27.1 Å². The number of aryl methyl sites for hydroxylation is 1. The summed E-state index contributed by atoms with van der Waals surface area (Å²) in [5.74, 6) is 0. The summed E-state index contributed by atoms with van der Waals surface area (Å²) < 4.78 is 0. The first kappa shape index (κ1) is 11.6. The number of aromatic nitrogens is 3. The number of rotatable bonds is 2. The normalized spacial score (nSPS) is 10.3. The van der Waals surface area contributed by atoms with E-state index in [0.29, 0.717) is 11.4 Å². The molecule has 1 aromatic carbocycles. The Morgan fingerprint density at radius 2 is 1.79 bits per heavy atom. The number of nitrogens with one attached hydrogen (secondary N) is 1. The number of nitrogens with zero attached hydrogens (tertiary/aromatic N) is 3. The monoisotopic (exact) mass is 266 g/mol. The fourth-order valence-corrected chi connectivity index (χ4v) is 2.82. The molecule has 0 atom stereocenters. The van der Waals surface area contributed by atoms with E-state index in [-0.39, 0.29) is 0 Å². The number of aromatic amines is 1. The SMILES string of the molecule is Cc1ccc(-c2ccc(-c3n[nH]nc3C#N)s2)cc1. The summed E-state index contributed by atoms with van der Waals surface area (Å²) in [6, 6.07) is 14.4. The van der Waals surface area contributed by atoms with Gasteiger partial charge >= 0.3 is 0 Å². The third-order valence-electron chi connectivity index (χ3n) is 2.83. The largest absolute Gasteiger partial charge is 0.196 e. The maximum Gasteiger partial charge on any atom is 0.191 e. The van der Waals surface area contributed by atoms with E-state index in [4.69, 9.17) is 5.26 Å². The first-order valence-corrected chi connectivity index (χ1v) is 6.57. The molecule has 0 fully saturated rings. The van der Waals surface area contributed by atoms with Crippen LogP contribution < -0.4 is 0 Å². The van der Waals surface area contributed by atoms with E-state index in [0.717, 1.165) is 9.75 Å². The molecule has 0 spiro atoms. The lowest BCUT2D eigenvalue weighted by Gasteiger charge is -1.97. The summed E-state index contributed by atoms with van der Waals surface area (Å²) in [7, 11) is 0. The fraction of sp³-hybridized carbons (Fsp3) is 0.0714. The van der Waals surface area contributed by atoms with Gasteiger partial charge in [0.15, 0.2) is 5.69 Å². The Hall–Kier alpha value is -2.45. The molecule has 0 saturated heterocycles. The highest BCUT2D eigenvalue weighted by molar-refractivity contribution is 7.18. The van der Waals surface area contributed by atoms with Crippen molar-refractivity contribution in [2.75, 3.05) is 0 Å². The third-order valence-corrected chi connectivity index (χ3v) is 3.97. The summed E-state index contributed by atoms with van der Waals surface area (Å²) in [5.41, 5.74) is 3.36. The Morgan fingerprint density at radius 1 is 1.05 bits per heavy atom.